The molecule has 0 aromatic heterocycles. The minimum absolute atomic E-state index is 0.213. The number of amides is 2. The molecule has 0 spiro atoms. The highest BCUT2D eigenvalue weighted by atomic mass is 16.5. The van der Waals surface area contributed by atoms with E-state index in [9.17, 15) is 9.59 Å². The summed E-state index contributed by atoms with van der Waals surface area (Å²) in [6.07, 6.45) is 0. The zero-order chi connectivity index (χ0) is 21.3. The summed E-state index contributed by atoms with van der Waals surface area (Å²) in [7, 11) is 1.67. The molecular weight excluding hydrogens is 380 g/mol. The molecule has 2 N–H and O–H groups in total. The van der Waals surface area contributed by atoms with Gasteiger partial charge in [-0.15, -0.1) is 0 Å². The number of rotatable bonds is 7. The Labute approximate surface area is 178 Å². The van der Waals surface area contributed by atoms with Crippen LogP contribution in [-0.2, 0) is 9.59 Å². The van der Waals surface area contributed by atoms with Crippen molar-refractivity contribution >= 4 is 17.5 Å². The maximum Gasteiger partial charge on any atom is 0.309 e. The Morgan fingerprint density at radius 2 is 1.63 bits per heavy atom. The highest BCUT2D eigenvalue weighted by molar-refractivity contribution is 6.35. The lowest BCUT2D eigenvalue weighted by Gasteiger charge is -2.36. The smallest absolute Gasteiger partial charge is 0.309 e. The zero-order valence-corrected chi connectivity index (χ0v) is 17.6. The molecule has 1 atom stereocenters. The molecule has 30 heavy (non-hydrogen) atoms. The van der Waals surface area contributed by atoms with Crippen molar-refractivity contribution in [3.63, 3.8) is 0 Å². The van der Waals surface area contributed by atoms with Gasteiger partial charge in [0.2, 0.25) is 0 Å². The zero-order valence-electron chi connectivity index (χ0n) is 17.6. The molecule has 2 aromatic rings. The molecule has 7 heteroatoms. The minimum atomic E-state index is -0.601. The summed E-state index contributed by atoms with van der Waals surface area (Å²) in [5.74, 6) is -0.333. The molecule has 1 aliphatic rings. The Hall–Kier alpha value is -3.06. The first-order valence-corrected chi connectivity index (χ1v) is 10.3. The van der Waals surface area contributed by atoms with Crippen molar-refractivity contribution in [3.8, 4) is 5.75 Å². The lowest BCUT2D eigenvalue weighted by atomic mass is 10.1. The third kappa shape index (κ3) is 5.97. The molecule has 0 unspecified atom stereocenters. The molecule has 1 aliphatic heterocycles. The van der Waals surface area contributed by atoms with Crippen LogP contribution in [0, 0.1) is 0 Å². The number of piperazine rings is 1. The third-order valence-electron chi connectivity index (χ3n) is 5.38. The molecule has 2 amide bonds. The number of nitrogens with one attached hydrogen (secondary N) is 2. The summed E-state index contributed by atoms with van der Waals surface area (Å²) in [5.41, 5.74) is 2.15. The molecule has 0 radical (unpaired) electrons. The number of hydrogen-bond acceptors (Lipinski definition) is 5. The molecule has 1 fully saturated rings. The number of benzene rings is 2. The van der Waals surface area contributed by atoms with Gasteiger partial charge in [-0.25, -0.2) is 0 Å². The monoisotopic (exact) mass is 410 g/mol. The van der Waals surface area contributed by atoms with Crippen molar-refractivity contribution in [2.24, 2.45) is 0 Å². The molecule has 1 heterocycles. The van der Waals surface area contributed by atoms with Gasteiger partial charge in [0.05, 0.1) is 13.2 Å². The summed E-state index contributed by atoms with van der Waals surface area (Å²) in [6.45, 7) is 6.73. The van der Waals surface area contributed by atoms with Gasteiger partial charge in [-0.1, -0.05) is 30.3 Å². The molecule has 1 saturated heterocycles. The van der Waals surface area contributed by atoms with E-state index in [0.29, 0.717) is 6.54 Å². The highest BCUT2D eigenvalue weighted by Gasteiger charge is 2.19. The fourth-order valence-electron chi connectivity index (χ4n) is 3.52. The number of carbonyl (C=O) groups excluding carboxylic acids is 2. The molecule has 7 nitrogen and oxygen atoms in total. The van der Waals surface area contributed by atoms with Crippen LogP contribution in [0.3, 0.4) is 0 Å². The molecule has 3 rings (SSSR count). The Balaban J connectivity index is 1.35. The van der Waals surface area contributed by atoms with Crippen LogP contribution in [0.4, 0.5) is 5.69 Å². The van der Waals surface area contributed by atoms with E-state index in [0.717, 1.165) is 44.0 Å². The van der Waals surface area contributed by atoms with Crippen LogP contribution in [0.25, 0.3) is 0 Å². The Bertz CT molecular complexity index is 818. The van der Waals surface area contributed by atoms with E-state index in [-0.39, 0.29) is 6.04 Å². The summed E-state index contributed by atoms with van der Waals surface area (Å²) in [6, 6.07) is 17.5. The second-order valence-corrected chi connectivity index (χ2v) is 7.39. The van der Waals surface area contributed by atoms with E-state index < -0.39 is 11.8 Å². The van der Waals surface area contributed by atoms with Gasteiger partial charge in [-0.3, -0.25) is 14.5 Å². The van der Waals surface area contributed by atoms with E-state index in [2.05, 4.69) is 32.6 Å². The van der Waals surface area contributed by atoms with Crippen LogP contribution in [-0.4, -0.2) is 63.1 Å². The quantitative estimate of drug-likeness (QED) is 0.681. The van der Waals surface area contributed by atoms with Crippen molar-refractivity contribution < 1.29 is 14.3 Å². The van der Waals surface area contributed by atoms with Gasteiger partial charge in [0.25, 0.3) is 0 Å². The number of nitrogens with zero attached hydrogens (tertiary/aromatic N) is 2. The standard InChI is InChI=1S/C23H30N4O3/c1-18(19-6-4-3-5-7-19)25-23(29)22(28)24-12-13-26-14-16-27(17-15-26)20-8-10-21(30-2)11-9-20/h3-11,18H,12-17H2,1-2H3,(H,24,28)(H,25,29)/t18-/m0/s1. The number of methoxy groups -OCH3 is 1. The lowest BCUT2D eigenvalue weighted by Crippen LogP contribution is -2.49. The first-order valence-electron chi connectivity index (χ1n) is 10.3. The number of anilines is 1. The summed E-state index contributed by atoms with van der Waals surface area (Å²) in [4.78, 5) is 28.8. The maximum absolute atomic E-state index is 12.1. The van der Waals surface area contributed by atoms with Gasteiger partial charge in [0.1, 0.15) is 5.75 Å². The Morgan fingerprint density at radius 3 is 2.27 bits per heavy atom. The van der Waals surface area contributed by atoms with Crippen molar-refractivity contribution in [1.29, 1.82) is 0 Å². The topological polar surface area (TPSA) is 73.9 Å². The second-order valence-electron chi connectivity index (χ2n) is 7.39. The molecule has 0 aliphatic carbocycles. The number of carbonyl (C=O) groups is 2. The fourth-order valence-corrected chi connectivity index (χ4v) is 3.52. The van der Waals surface area contributed by atoms with Crippen molar-refractivity contribution in [1.82, 2.24) is 15.5 Å². The third-order valence-corrected chi connectivity index (χ3v) is 5.38. The van der Waals surface area contributed by atoms with E-state index >= 15 is 0 Å². The van der Waals surface area contributed by atoms with Crippen molar-refractivity contribution in [3.05, 3.63) is 60.2 Å². The second kappa shape index (κ2) is 10.6. The molecule has 160 valence electrons. The van der Waals surface area contributed by atoms with Crippen LogP contribution in [0.5, 0.6) is 5.75 Å². The average Bonchev–Trinajstić information content (AvgIpc) is 2.80. The Kier molecular flexibility index (Phi) is 7.68. The van der Waals surface area contributed by atoms with Crippen LogP contribution >= 0.6 is 0 Å². The van der Waals surface area contributed by atoms with Gasteiger partial charge in [-0.2, -0.15) is 0 Å². The van der Waals surface area contributed by atoms with Crippen LogP contribution in [0.2, 0.25) is 0 Å². The van der Waals surface area contributed by atoms with E-state index in [1.807, 2.05) is 49.4 Å². The van der Waals surface area contributed by atoms with Crippen LogP contribution in [0.15, 0.2) is 54.6 Å². The highest BCUT2D eigenvalue weighted by Crippen LogP contribution is 2.20. The van der Waals surface area contributed by atoms with Crippen molar-refractivity contribution in [2.45, 2.75) is 13.0 Å². The van der Waals surface area contributed by atoms with Crippen LogP contribution in [0.1, 0.15) is 18.5 Å². The summed E-state index contributed by atoms with van der Waals surface area (Å²) >= 11 is 0. The first-order chi connectivity index (χ1) is 14.6. The Morgan fingerprint density at radius 1 is 0.967 bits per heavy atom. The number of ether oxygens (including phenoxy) is 1. The molecular formula is C23H30N4O3. The molecule has 0 bridgehead atoms. The first kappa shape index (κ1) is 21.6. The largest absolute Gasteiger partial charge is 0.497 e. The van der Waals surface area contributed by atoms with E-state index in [4.69, 9.17) is 4.74 Å². The average molecular weight is 411 g/mol. The van der Waals surface area contributed by atoms with Gasteiger partial charge >= 0.3 is 11.8 Å². The van der Waals surface area contributed by atoms with E-state index in [1.54, 1.807) is 7.11 Å². The molecule has 0 saturated carbocycles. The molecule has 2 aromatic carbocycles. The van der Waals surface area contributed by atoms with E-state index in [1.165, 1.54) is 5.69 Å². The predicted molar refractivity (Wildman–Crippen MR) is 118 cm³/mol. The van der Waals surface area contributed by atoms with Gasteiger partial charge in [-0.05, 0) is 36.8 Å². The predicted octanol–water partition coefficient (Wildman–Crippen LogP) is 1.81. The van der Waals surface area contributed by atoms with Crippen molar-refractivity contribution in [2.75, 3.05) is 51.3 Å². The van der Waals surface area contributed by atoms with Gasteiger partial charge in [0, 0.05) is 45.0 Å². The normalized spacial score (nSPS) is 15.3. The maximum atomic E-state index is 12.1. The minimum Gasteiger partial charge on any atom is -0.497 e. The fraction of sp³-hybridized carbons (Fsp3) is 0.391. The summed E-state index contributed by atoms with van der Waals surface area (Å²) < 4.78 is 5.21. The summed E-state index contributed by atoms with van der Waals surface area (Å²) in [5, 5.41) is 5.46. The van der Waals surface area contributed by atoms with Crippen LogP contribution < -0.4 is 20.3 Å². The SMILES string of the molecule is COc1ccc(N2CCN(CCNC(=O)C(=O)N[C@@H](C)c3ccccc3)CC2)cc1. The van der Waals surface area contributed by atoms with Gasteiger partial charge in [0.15, 0.2) is 0 Å². The lowest BCUT2D eigenvalue weighted by molar-refractivity contribution is -0.139. The number of hydrogen-bond donors (Lipinski definition) is 2. The van der Waals surface area contributed by atoms with Gasteiger partial charge < -0.3 is 20.3 Å².